The largest absolute Gasteiger partial charge is 0.477 e. The fraction of sp³-hybridized carbons (Fsp3) is 0.423. The molecule has 2 aromatic heterocycles. The summed E-state index contributed by atoms with van der Waals surface area (Å²) in [6.45, 7) is 2.10. The Bertz CT molecular complexity index is 1550. The standard InChI is InChI=1S/C26H27N7O7S2/c1-12-8-17(30-39-12)32-7-6-13(22(32)35)9-14-10-41-24-19(23(36)33(24)20(14)25(37)38)29-21(34)18(16-11-42-26(27)28-16)31-40-15-4-2-3-5-15/h8-9,11,15,19,24H,2-7,10H2,1H3,(H2,27,28)(H,29,34)(H,37,38)/t19-,24-/m1/s1. The van der Waals surface area contributed by atoms with Gasteiger partial charge in [-0.2, -0.15) is 0 Å². The normalized spacial score (nSPS) is 23.9. The minimum absolute atomic E-state index is 0.104. The zero-order valence-corrected chi connectivity index (χ0v) is 24.1. The number of nitrogens with two attached hydrogens (primary N) is 1. The molecule has 3 aliphatic heterocycles. The molecule has 5 heterocycles. The van der Waals surface area contributed by atoms with E-state index >= 15 is 0 Å². The number of carboxylic acid groups (broad SMARTS) is 1. The third-order valence-corrected chi connectivity index (χ3v) is 9.40. The van der Waals surface area contributed by atoms with Gasteiger partial charge in [0, 0.05) is 29.3 Å². The SMILES string of the molecule is Cc1cc(N2CCC(=CC3=C(C(=O)O)N4C(=O)[C@@H](NC(=O)C(=NOC5CCCC5)c5csc(N)n5)[C@H]4SC3)C2=O)no1. The van der Waals surface area contributed by atoms with E-state index in [1.54, 1.807) is 24.4 Å². The lowest BCUT2D eigenvalue weighted by atomic mass is 10.0. The number of carbonyl (C=O) groups excluding carboxylic acids is 3. The molecule has 0 spiro atoms. The molecule has 0 aromatic carbocycles. The summed E-state index contributed by atoms with van der Waals surface area (Å²) < 4.78 is 5.07. The highest BCUT2D eigenvalue weighted by atomic mass is 32.2. The molecule has 14 nitrogen and oxygen atoms in total. The minimum atomic E-state index is -1.30. The van der Waals surface area contributed by atoms with Crippen molar-refractivity contribution < 1.29 is 33.6 Å². The number of nitrogens with zero attached hydrogens (tertiary/aromatic N) is 5. The van der Waals surface area contributed by atoms with Crippen LogP contribution < -0.4 is 16.0 Å². The maximum Gasteiger partial charge on any atom is 0.352 e. The van der Waals surface area contributed by atoms with Crippen molar-refractivity contribution in [2.75, 3.05) is 22.9 Å². The summed E-state index contributed by atoms with van der Waals surface area (Å²) >= 11 is 2.44. The molecular weight excluding hydrogens is 586 g/mol. The number of β-lactam (4-membered cyclic amide) rings is 1. The highest BCUT2D eigenvalue weighted by molar-refractivity contribution is 8.00. The van der Waals surface area contributed by atoms with E-state index in [0.717, 1.165) is 41.9 Å². The second kappa shape index (κ2) is 11.2. The first kappa shape index (κ1) is 28.0. The van der Waals surface area contributed by atoms with Crippen LogP contribution in [-0.2, 0) is 24.0 Å². The summed E-state index contributed by atoms with van der Waals surface area (Å²) in [5.41, 5.74) is 6.42. The third kappa shape index (κ3) is 5.15. The molecule has 0 unspecified atom stereocenters. The molecule has 2 saturated heterocycles. The van der Waals surface area contributed by atoms with Gasteiger partial charge in [0.1, 0.15) is 34.7 Å². The number of aromatic nitrogens is 2. The van der Waals surface area contributed by atoms with Crippen LogP contribution in [0.4, 0.5) is 10.9 Å². The highest BCUT2D eigenvalue weighted by Gasteiger charge is 2.54. The van der Waals surface area contributed by atoms with Crippen LogP contribution in [-0.4, -0.2) is 79.4 Å². The lowest BCUT2D eigenvalue weighted by Gasteiger charge is -2.49. The van der Waals surface area contributed by atoms with Crippen LogP contribution in [0.15, 0.2) is 44.0 Å². The monoisotopic (exact) mass is 613 g/mol. The quantitative estimate of drug-likeness (QED) is 0.170. The Morgan fingerprint density at radius 2 is 2.10 bits per heavy atom. The molecule has 0 radical (unpaired) electrons. The predicted molar refractivity (Wildman–Crippen MR) is 152 cm³/mol. The van der Waals surface area contributed by atoms with Crippen molar-refractivity contribution >= 4 is 63.5 Å². The van der Waals surface area contributed by atoms with E-state index < -0.39 is 29.2 Å². The van der Waals surface area contributed by atoms with Gasteiger partial charge in [0.25, 0.3) is 17.7 Å². The van der Waals surface area contributed by atoms with E-state index in [0.29, 0.717) is 35.7 Å². The van der Waals surface area contributed by atoms with E-state index in [1.807, 2.05) is 0 Å². The fourth-order valence-corrected chi connectivity index (χ4v) is 7.20. The Hall–Kier alpha value is -4.18. The molecule has 4 N–H and O–H groups in total. The number of carbonyl (C=O) groups is 4. The average molecular weight is 614 g/mol. The number of anilines is 2. The number of rotatable bonds is 8. The fourth-order valence-electron chi connectivity index (χ4n) is 5.34. The van der Waals surface area contributed by atoms with E-state index in [9.17, 15) is 24.3 Å². The molecule has 6 rings (SSSR count). The number of aryl methyl sites for hydroxylation is 1. The number of nitrogen functional groups attached to an aromatic ring is 1. The van der Waals surface area contributed by atoms with Crippen LogP contribution in [0, 0.1) is 6.92 Å². The van der Waals surface area contributed by atoms with Crippen LogP contribution in [0.1, 0.15) is 43.6 Å². The van der Waals surface area contributed by atoms with Crippen molar-refractivity contribution in [2.24, 2.45) is 5.16 Å². The summed E-state index contributed by atoms with van der Waals surface area (Å²) in [5, 5.41) is 21.9. The van der Waals surface area contributed by atoms with Crippen LogP contribution in [0.5, 0.6) is 0 Å². The maximum atomic E-state index is 13.3. The first-order valence-corrected chi connectivity index (χ1v) is 15.3. The van der Waals surface area contributed by atoms with Gasteiger partial charge in [0.05, 0.1) is 0 Å². The molecule has 220 valence electrons. The summed E-state index contributed by atoms with van der Waals surface area (Å²) in [6, 6.07) is 0.662. The van der Waals surface area contributed by atoms with Crippen LogP contribution >= 0.6 is 23.1 Å². The van der Waals surface area contributed by atoms with E-state index in [-0.39, 0.29) is 40.0 Å². The van der Waals surface area contributed by atoms with Gasteiger partial charge in [0.2, 0.25) is 0 Å². The van der Waals surface area contributed by atoms with Crippen molar-refractivity contribution in [2.45, 2.75) is 56.5 Å². The lowest BCUT2D eigenvalue weighted by Crippen LogP contribution is -2.71. The van der Waals surface area contributed by atoms with Crippen LogP contribution in [0.2, 0.25) is 0 Å². The molecule has 42 heavy (non-hydrogen) atoms. The van der Waals surface area contributed by atoms with Crippen molar-refractivity contribution in [3.8, 4) is 0 Å². The molecule has 1 saturated carbocycles. The number of hydrogen-bond donors (Lipinski definition) is 3. The predicted octanol–water partition coefficient (Wildman–Crippen LogP) is 1.79. The molecular formula is C26H27N7O7S2. The number of nitrogens with one attached hydrogen (secondary N) is 1. The second-order valence-corrected chi connectivity index (χ2v) is 12.2. The zero-order chi connectivity index (χ0) is 29.5. The Morgan fingerprint density at radius 1 is 1.31 bits per heavy atom. The maximum absolute atomic E-state index is 13.3. The number of carboxylic acids is 1. The van der Waals surface area contributed by atoms with Crippen molar-refractivity contribution in [1.29, 1.82) is 0 Å². The number of hydrogen-bond acceptors (Lipinski definition) is 12. The Labute approximate surface area is 247 Å². The average Bonchev–Trinajstić information content (AvgIpc) is 3.78. The van der Waals surface area contributed by atoms with Crippen LogP contribution in [0.3, 0.4) is 0 Å². The van der Waals surface area contributed by atoms with Crippen LogP contribution in [0.25, 0.3) is 0 Å². The summed E-state index contributed by atoms with van der Waals surface area (Å²) in [6.07, 6.45) is 5.52. The van der Waals surface area contributed by atoms with Gasteiger partial charge < -0.3 is 25.5 Å². The number of amides is 3. The molecule has 2 atom stereocenters. The number of thiazole rings is 1. The van der Waals surface area contributed by atoms with Crippen molar-refractivity contribution in [1.82, 2.24) is 20.4 Å². The van der Waals surface area contributed by atoms with E-state index in [1.165, 1.54) is 16.7 Å². The molecule has 3 amide bonds. The minimum Gasteiger partial charge on any atom is -0.477 e. The second-order valence-electron chi connectivity index (χ2n) is 10.2. The van der Waals surface area contributed by atoms with Gasteiger partial charge in [-0.05, 0) is 50.7 Å². The first-order valence-electron chi connectivity index (χ1n) is 13.3. The van der Waals surface area contributed by atoms with Gasteiger partial charge in [-0.25, -0.2) is 9.78 Å². The number of allylic oxidation sites excluding steroid dienone is 1. The van der Waals surface area contributed by atoms with Gasteiger partial charge >= 0.3 is 5.97 Å². The lowest BCUT2D eigenvalue weighted by molar-refractivity contribution is -0.150. The number of thioether (sulfide) groups is 1. The molecule has 1 aliphatic carbocycles. The summed E-state index contributed by atoms with van der Waals surface area (Å²) in [7, 11) is 0. The molecule has 2 aromatic rings. The van der Waals surface area contributed by atoms with Gasteiger partial charge in [0.15, 0.2) is 16.7 Å². The Balaban J connectivity index is 1.20. The van der Waals surface area contributed by atoms with Gasteiger partial charge in [-0.3, -0.25) is 24.2 Å². The number of aliphatic carboxylic acids is 1. The first-order chi connectivity index (χ1) is 20.2. The summed E-state index contributed by atoms with van der Waals surface area (Å²) in [4.78, 5) is 64.3. The zero-order valence-electron chi connectivity index (χ0n) is 22.4. The van der Waals surface area contributed by atoms with Gasteiger partial charge in [-0.1, -0.05) is 10.3 Å². The molecule has 0 bridgehead atoms. The van der Waals surface area contributed by atoms with E-state index in [2.05, 4.69) is 20.6 Å². The Kier molecular flexibility index (Phi) is 7.49. The highest BCUT2D eigenvalue weighted by Crippen LogP contribution is 2.41. The smallest absolute Gasteiger partial charge is 0.352 e. The molecule has 3 fully saturated rings. The van der Waals surface area contributed by atoms with Crippen molar-refractivity contribution in [3.05, 3.63) is 45.8 Å². The Morgan fingerprint density at radius 3 is 2.76 bits per heavy atom. The van der Waals surface area contributed by atoms with Crippen molar-refractivity contribution in [3.63, 3.8) is 0 Å². The third-order valence-electron chi connectivity index (χ3n) is 7.43. The van der Waals surface area contributed by atoms with E-state index in [4.69, 9.17) is 15.1 Å². The van der Waals surface area contributed by atoms with Gasteiger partial charge in [-0.15, -0.1) is 23.1 Å². The number of fused-ring (bicyclic) bond motifs is 1. The number of oxime groups is 1. The molecule has 16 heteroatoms. The topological polar surface area (TPSA) is 194 Å². The summed E-state index contributed by atoms with van der Waals surface area (Å²) in [5.74, 6) is -1.69. The molecule has 4 aliphatic rings.